The molecule has 1 aromatic heterocycles. The lowest BCUT2D eigenvalue weighted by molar-refractivity contribution is 0.103. The molecule has 0 unspecified atom stereocenters. The van der Waals surface area contributed by atoms with Gasteiger partial charge in [-0.25, -0.2) is 0 Å². The minimum atomic E-state index is -0.114. The normalized spacial score (nSPS) is 11.0. The highest BCUT2D eigenvalue weighted by Crippen LogP contribution is 2.25. The van der Waals surface area contributed by atoms with Gasteiger partial charge in [0.2, 0.25) is 5.78 Å². The molecule has 1 heterocycles. The van der Waals surface area contributed by atoms with E-state index in [4.69, 9.17) is 4.52 Å². The van der Waals surface area contributed by atoms with Crippen LogP contribution in [0.3, 0.4) is 0 Å². The fourth-order valence-electron chi connectivity index (χ4n) is 2.60. The lowest BCUT2D eigenvalue weighted by atomic mass is 9.99. The minimum absolute atomic E-state index is 0.114. The van der Waals surface area contributed by atoms with Crippen LogP contribution in [0.4, 0.5) is 0 Å². The van der Waals surface area contributed by atoms with Crippen LogP contribution in [-0.2, 0) is 0 Å². The third-order valence-electron chi connectivity index (χ3n) is 3.63. The number of benzene rings is 3. The first-order valence-corrected chi connectivity index (χ1v) is 6.71. The van der Waals surface area contributed by atoms with Crippen LogP contribution in [0.5, 0.6) is 0 Å². The summed E-state index contributed by atoms with van der Waals surface area (Å²) in [5.74, 6) is -0.114. The monoisotopic (exact) mass is 273 g/mol. The molecule has 0 aliphatic rings. The van der Waals surface area contributed by atoms with E-state index in [9.17, 15) is 4.79 Å². The predicted octanol–water partition coefficient (Wildman–Crippen LogP) is 4.21. The van der Waals surface area contributed by atoms with Crippen molar-refractivity contribution in [1.82, 2.24) is 5.16 Å². The van der Waals surface area contributed by atoms with Crippen LogP contribution in [0.2, 0.25) is 0 Å². The number of rotatable bonds is 2. The summed E-state index contributed by atoms with van der Waals surface area (Å²) in [6.45, 7) is 0. The highest BCUT2D eigenvalue weighted by atomic mass is 16.5. The highest BCUT2D eigenvalue weighted by molar-refractivity contribution is 6.19. The van der Waals surface area contributed by atoms with Gasteiger partial charge in [0.1, 0.15) is 0 Å². The summed E-state index contributed by atoms with van der Waals surface area (Å²) in [4.78, 5) is 12.8. The SMILES string of the molecule is O=C(c1cccc2ccccc12)c1noc2ccccc12. The first-order valence-electron chi connectivity index (χ1n) is 6.71. The van der Waals surface area contributed by atoms with E-state index in [1.165, 1.54) is 0 Å². The summed E-state index contributed by atoms with van der Waals surface area (Å²) < 4.78 is 5.23. The Morgan fingerprint density at radius 3 is 2.43 bits per heavy atom. The zero-order chi connectivity index (χ0) is 14.2. The minimum Gasteiger partial charge on any atom is -0.356 e. The molecule has 3 aromatic carbocycles. The molecule has 0 radical (unpaired) electrons. The van der Waals surface area contributed by atoms with Crippen LogP contribution in [-0.4, -0.2) is 10.9 Å². The number of nitrogens with zero attached hydrogens (tertiary/aromatic N) is 1. The Morgan fingerprint density at radius 1 is 0.810 bits per heavy atom. The van der Waals surface area contributed by atoms with Gasteiger partial charge in [0.15, 0.2) is 11.3 Å². The number of hydrogen-bond acceptors (Lipinski definition) is 3. The highest BCUT2D eigenvalue weighted by Gasteiger charge is 2.19. The molecule has 0 saturated heterocycles. The molecular weight excluding hydrogens is 262 g/mol. The van der Waals surface area contributed by atoms with Crippen LogP contribution in [0, 0.1) is 0 Å². The molecular formula is C18H11NO2. The maximum absolute atomic E-state index is 12.8. The van der Waals surface area contributed by atoms with Crippen molar-refractivity contribution in [2.24, 2.45) is 0 Å². The third-order valence-corrected chi connectivity index (χ3v) is 3.63. The van der Waals surface area contributed by atoms with Crippen LogP contribution in [0.15, 0.2) is 71.3 Å². The third kappa shape index (κ3) is 1.82. The number of carbonyl (C=O) groups is 1. The zero-order valence-corrected chi connectivity index (χ0v) is 11.1. The topological polar surface area (TPSA) is 43.1 Å². The lowest BCUT2D eigenvalue weighted by Crippen LogP contribution is -2.03. The Kier molecular flexibility index (Phi) is 2.57. The molecule has 3 nitrogen and oxygen atoms in total. The second-order valence-electron chi connectivity index (χ2n) is 4.88. The van der Waals surface area contributed by atoms with Gasteiger partial charge in [0.05, 0.1) is 5.39 Å². The van der Waals surface area contributed by atoms with Crippen molar-refractivity contribution in [3.8, 4) is 0 Å². The van der Waals surface area contributed by atoms with Gasteiger partial charge < -0.3 is 4.52 Å². The Hall–Kier alpha value is -2.94. The van der Waals surface area contributed by atoms with Crippen LogP contribution in [0.25, 0.3) is 21.7 Å². The van der Waals surface area contributed by atoms with Gasteiger partial charge in [-0.05, 0) is 22.9 Å². The molecule has 0 saturated carbocycles. The van der Waals surface area contributed by atoms with E-state index in [0.717, 1.165) is 16.2 Å². The van der Waals surface area contributed by atoms with Crippen molar-refractivity contribution in [1.29, 1.82) is 0 Å². The first-order chi connectivity index (χ1) is 10.3. The van der Waals surface area contributed by atoms with Gasteiger partial charge in [-0.15, -0.1) is 0 Å². The average molecular weight is 273 g/mol. The summed E-state index contributed by atoms with van der Waals surface area (Å²) in [5, 5.41) is 6.67. The maximum Gasteiger partial charge on any atom is 0.216 e. The Labute approximate surface area is 120 Å². The molecule has 0 N–H and O–H groups in total. The molecule has 0 amide bonds. The number of aromatic nitrogens is 1. The van der Waals surface area contributed by atoms with Gasteiger partial charge in [-0.2, -0.15) is 0 Å². The van der Waals surface area contributed by atoms with Crippen molar-refractivity contribution in [3.63, 3.8) is 0 Å². The number of carbonyl (C=O) groups excluding carboxylic acids is 1. The second kappa shape index (κ2) is 4.56. The molecule has 0 aliphatic heterocycles. The van der Waals surface area contributed by atoms with Gasteiger partial charge in [-0.3, -0.25) is 4.79 Å². The average Bonchev–Trinajstić information content (AvgIpc) is 2.98. The fraction of sp³-hybridized carbons (Fsp3) is 0. The first kappa shape index (κ1) is 11.9. The number of para-hydroxylation sites is 1. The van der Waals surface area contributed by atoms with E-state index in [2.05, 4.69) is 5.16 Å². The summed E-state index contributed by atoms with van der Waals surface area (Å²) in [6, 6.07) is 20.9. The standard InChI is InChI=1S/C18H11NO2/c20-18(17-15-9-3-4-11-16(15)21-19-17)14-10-5-7-12-6-1-2-8-13(12)14/h1-11H. The fourth-order valence-corrected chi connectivity index (χ4v) is 2.60. The van der Waals surface area contributed by atoms with Crippen molar-refractivity contribution < 1.29 is 9.32 Å². The predicted molar refractivity (Wildman–Crippen MR) is 81.4 cm³/mol. The Morgan fingerprint density at radius 2 is 1.52 bits per heavy atom. The second-order valence-corrected chi connectivity index (χ2v) is 4.88. The van der Waals surface area contributed by atoms with E-state index >= 15 is 0 Å². The maximum atomic E-state index is 12.8. The summed E-state index contributed by atoms with van der Waals surface area (Å²) in [7, 11) is 0. The molecule has 0 bridgehead atoms. The van der Waals surface area contributed by atoms with Gasteiger partial charge in [-0.1, -0.05) is 59.8 Å². The molecule has 0 aliphatic carbocycles. The summed E-state index contributed by atoms with van der Waals surface area (Å²) >= 11 is 0. The van der Waals surface area contributed by atoms with E-state index in [-0.39, 0.29) is 5.78 Å². The van der Waals surface area contributed by atoms with Crippen molar-refractivity contribution >= 4 is 27.5 Å². The van der Waals surface area contributed by atoms with Crippen LogP contribution in [0.1, 0.15) is 16.1 Å². The quantitative estimate of drug-likeness (QED) is 0.514. The molecule has 21 heavy (non-hydrogen) atoms. The van der Waals surface area contributed by atoms with Gasteiger partial charge >= 0.3 is 0 Å². The number of fused-ring (bicyclic) bond motifs is 2. The molecule has 4 rings (SSSR count). The summed E-state index contributed by atoms with van der Waals surface area (Å²) in [5.41, 5.74) is 1.63. The van der Waals surface area contributed by atoms with E-state index in [0.29, 0.717) is 16.8 Å². The van der Waals surface area contributed by atoms with E-state index in [1.807, 2.05) is 66.7 Å². The molecule has 0 fully saturated rings. The molecule has 3 heteroatoms. The lowest BCUT2D eigenvalue weighted by Gasteiger charge is -2.03. The Bertz CT molecular complexity index is 964. The van der Waals surface area contributed by atoms with Crippen molar-refractivity contribution in [2.45, 2.75) is 0 Å². The van der Waals surface area contributed by atoms with Gasteiger partial charge in [0.25, 0.3) is 0 Å². The van der Waals surface area contributed by atoms with E-state index < -0.39 is 0 Å². The molecule has 0 spiro atoms. The summed E-state index contributed by atoms with van der Waals surface area (Å²) in [6.07, 6.45) is 0. The van der Waals surface area contributed by atoms with Crippen molar-refractivity contribution in [2.75, 3.05) is 0 Å². The Balaban J connectivity index is 1.95. The number of ketones is 1. The van der Waals surface area contributed by atoms with E-state index in [1.54, 1.807) is 0 Å². The van der Waals surface area contributed by atoms with Crippen LogP contribution < -0.4 is 0 Å². The molecule has 0 atom stereocenters. The van der Waals surface area contributed by atoms with Gasteiger partial charge in [0, 0.05) is 5.56 Å². The molecule has 4 aromatic rings. The smallest absolute Gasteiger partial charge is 0.216 e. The van der Waals surface area contributed by atoms with Crippen LogP contribution >= 0.6 is 0 Å². The number of hydrogen-bond donors (Lipinski definition) is 0. The largest absolute Gasteiger partial charge is 0.356 e. The molecule has 100 valence electrons. The van der Waals surface area contributed by atoms with Crippen molar-refractivity contribution in [3.05, 3.63) is 78.0 Å². The zero-order valence-electron chi connectivity index (χ0n) is 11.1.